The number of imidazole rings is 1. The fourth-order valence-electron chi connectivity index (χ4n) is 2.93. The van der Waals surface area contributed by atoms with Gasteiger partial charge in [-0.3, -0.25) is 0 Å². The van der Waals surface area contributed by atoms with E-state index in [1.165, 1.54) is 17.3 Å². The van der Waals surface area contributed by atoms with Gasteiger partial charge >= 0.3 is 0 Å². The van der Waals surface area contributed by atoms with Crippen LogP contribution in [0.15, 0.2) is 11.4 Å². The second-order valence-electron chi connectivity index (χ2n) is 5.87. The van der Waals surface area contributed by atoms with E-state index in [4.69, 9.17) is 11.6 Å². The minimum Gasteiger partial charge on any atom is -0.324 e. The smallest absolute Gasteiger partial charge is 0.261 e. The van der Waals surface area contributed by atoms with E-state index in [0.717, 1.165) is 19.3 Å². The molecule has 1 aliphatic carbocycles. The van der Waals surface area contributed by atoms with Crippen LogP contribution in [0.4, 0.5) is 0 Å². The van der Waals surface area contributed by atoms with Crippen LogP contribution in [0.1, 0.15) is 39.5 Å². The quantitative estimate of drug-likeness (QED) is 0.927. The molecule has 0 bridgehead atoms. The third-order valence-electron chi connectivity index (χ3n) is 4.07. The molecule has 1 aliphatic rings. The molecule has 2 unspecified atom stereocenters. The molecule has 1 heterocycles. The molecule has 5 nitrogen and oxygen atoms in total. The Labute approximate surface area is 125 Å². The Morgan fingerprint density at radius 1 is 1.40 bits per heavy atom. The van der Waals surface area contributed by atoms with E-state index in [0.29, 0.717) is 11.8 Å². The molecule has 0 spiro atoms. The van der Waals surface area contributed by atoms with Gasteiger partial charge in [0, 0.05) is 13.1 Å². The zero-order valence-electron chi connectivity index (χ0n) is 12.1. The summed E-state index contributed by atoms with van der Waals surface area (Å²) in [5.74, 6) is 0.836. The number of nitrogens with zero attached hydrogens (tertiary/aromatic N) is 2. The third kappa shape index (κ3) is 3.18. The van der Waals surface area contributed by atoms with Gasteiger partial charge in [-0.25, -0.2) is 18.1 Å². The van der Waals surface area contributed by atoms with Crippen molar-refractivity contribution in [3.63, 3.8) is 0 Å². The van der Waals surface area contributed by atoms with Crippen molar-refractivity contribution in [2.24, 2.45) is 18.9 Å². The largest absolute Gasteiger partial charge is 0.324 e. The summed E-state index contributed by atoms with van der Waals surface area (Å²) in [6.45, 7) is 4.29. The molecular weight excluding hydrogens is 298 g/mol. The van der Waals surface area contributed by atoms with Gasteiger partial charge in [0.2, 0.25) is 5.03 Å². The molecule has 114 valence electrons. The number of hydrogen-bond donors (Lipinski definition) is 1. The first-order valence-corrected chi connectivity index (χ1v) is 8.88. The Bertz CT molecular complexity index is 568. The van der Waals surface area contributed by atoms with Crippen LogP contribution >= 0.6 is 11.6 Å². The van der Waals surface area contributed by atoms with E-state index >= 15 is 0 Å². The Kier molecular flexibility index (Phi) is 4.76. The van der Waals surface area contributed by atoms with Crippen molar-refractivity contribution in [2.45, 2.75) is 50.6 Å². The van der Waals surface area contributed by atoms with Crippen LogP contribution in [-0.4, -0.2) is 24.0 Å². The summed E-state index contributed by atoms with van der Waals surface area (Å²) in [5.41, 5.74) is 0. The highest BCUT2D eigenvalue weighted by atomic mass is 35.5. The van der Waals surface area contributed by atoms with Crippen molar-refractivity contribution in [3.8, 4) is 0 Å². The molecule has 0 aliphatic heterocycles. The maximum Gasteiger partial charge on any atom is 0.261 e. The molecule has 20 heavy (non-hydrogen) atoms. The van der Waals surface area contributed by atoms with Crippen LogP contribution in [0.25, 0.3) is 0 Å². The average Bonchev–Trinajstić information content (AvgIpc) is 2.70. The van der Waals surface area contributed by atoms with Crippen molar-refractivity contribution in [1.29, 1.82) is 0 Å². The lowest BCUT2D eigenvalue weighted by Crippen LogP contribution is -2.44. The molecule has 0 radical (unpaired) electrons. The topological polar surface area (TPSA) is 64.0 Å². The van der Waals surface area contributed by atoms with Crippen LogP contribution in [-0.2, 0) is 17.1 Å². The Morgan fingerprint density at radius 3 is 2.60 bits per heavy atom. The van der Waals surface area contributed by atoms with Gasteiger partial charge in [0.1, 0.15) is 5.15 Å². The number of aromatic nitrogens is 2. The predicted molar refractivity (Wildman–Crippen MR) is 79.1 cm³/mol. The lowest BCUT2D eigenvalue weighted by atomic mass is 9.78. The Hall–Kier alpha value is -0.590. The maximum absolute atomic E-state index is 12.4. The van der Waals surface area contributed by atoms with E-state index in [2.05, 4.69) is 23.6 Å². The number of rotatable bonds is 4. The standard InChI is InChI=1S/C13H22ClN3O2S/c1-9(2)10-6-4-5-7-11(10)16-20(18,19)13-12(14)17(3)8-15-13/h8-11,16H,4-7H2,1-3H3. The SMILES string of the molecule is CC(C)C1CCCCC1NS(=O)(=O)c1ncn(C)c1Cl. The summed E-state index contributed by atoms with van der Waals surface area (Å²) in [6, 6.07) is -0.0215. The van der Waals surface area contributed by atoms with Crippen LogP contribution < -0.4 is 4.72 Å². The molecular formula is C13H22ClN3O2S. The van der Waals surface area contributed by atoms with E-state index in [9.17, 15) is 8.42 Å². The summed E-state index contributed by atoms with van der Waals surface area (Å²) >= 11 is 5.99. The number of aryl methyl sites for hydroxylation is 1. The summed E-state index contributed by atoms with van der Waals surface area (Å²) < 4.78 is 29.2. The molecule has 1 aromatic rings. The van der Waals surface area contributed by atoms with Crippen molar-refractivity contribution in [2.75, 3.05) is 0 Å². The maximum atomic E-state index is 12.4. The number of hydrogen-bond acceptors (Lipinski definition) is 3. The van der Waals surface area contributed by atoms with E-state index < -0.39 is 10.0 Å². The fourth-order valence-corrected chi connectivity index (χ4v) is 4.68. The van der Waals surface area contributed by atoms with Gasteiger partial charge in [0.15, 0.2) is 0 Å². The zero-order chi connectivity index (χ0) is 14.9. The molecule has 1 fully saturated rings. The molecule has 0 aromatic carbocycles. The van der Waals surface area contributed by atoms with Crippen molar-refractivity contribution in [3.05, 3.63) is 11.5 Å². The van der Waals surface area contributed by atoms with E-state index in [-0.39, 0.29) is 16.2 Å². The molecule has 1 saturated carbocycles. The fraction of sp³-hybridized carbons (Fsp3) is 0.769. The molecule has 1 aromatic heterocycles. The van der Waals surface area contributed by atoms with Gasteiger partial charge < -0.3 is 4.57 Å². The van der Waals surface area contributed by atoms with E-state index in [1.807, 2.05) is 0 Å². The minimum absolute atomic E-state index is 0.0215. The van der Waals surface area contributed by atoms with Crippen molar-refractivity contribution < 1.29 is 8.42 Å². The third-order valence-corrected chi connectivity index (χ3v) is 6.05. The van der Waals surface area contributed by atoms with Crippen LogP contribution in [0.3, 0.4) is 0 Å². The first-order valence-electron chi connectivity index (χ1n) is 7.02. The first-order chi connectivity index (χ1) is 9.33. The van der Waals surface area contributed by atoms with Crippen LogP contribution in [0, 0.1) is 11.8 Å². The highest BCUT2D eigenvalue weighted by Gasteiger charge is 2.33. The number of sulfonamides is 1. The highest BCUT2D eigenvalue weighted by Crippen LogP contribution is 2.31. The first kappa shape index (κ1) is 15.8. The van der Waals surface area contributed by atoms with Crippen molar-refractivity contribution >= 4 is 21.6 Å². The number of nitrogens with one attached hydrogen (secondary N) is 1. The second-order valence-corrected chi connectivity index (χ2v) is 7.86. The predicted octanol–water partition coefficient (Wildman–Crippen LogP) is 2.57. The monoisotopic (exact) mass is 319 g/mol. The van der Waals surface area contributed by atoms with Gasteiger partial charge in [-0.2, -0.15) is 0 Å². The molecule has 2 atom stereocenters. The molecule has 0 saturated heterocycles. The van der Waals surface area contributed by atoms with E-state index in [1.54, 1.807) is 7.05 Å². The zero-order valence-corrected chi connectivity index (χ0v) is 13.7. The average molecular weight is 320 g/mol. The lowest BCUT2D eigenvalue weighted by molar-refractivity contribution is 0.226. The number of halogens is 1. The summed E-state index contributed by atoms with van der Waals surface area (Å²) in [4.78, 5) is 3.90. The Balaban J connectivity index is 2.21. The van der Waals surface area contributed by atoms with Gasteiger partial charge in [-0.15, -0.1) is 0 Å². The van der Waals surface area contributed by atoms with Gasteiger partial charge in [0.05, 0.1) is 6.33 Å². The molecule has 7 heteroatoms. The second kappa shape index (κ2) is 6.03. The summed E-state index contributed by atoms with van der Waals surface area (Å²) in [5, 5.41) is 0.0733. The molecule has 0 amide bonds. The minimum atomic E-state index is -3.65. The van der Waals surface area contributed by atoms with Crippen molar-refractivity contribution in [1.82, 2.24) is 14.3 Å². The molecule has 1 N–H and O–H groups in total. The Morgan fingerprint density at radius 2 is 2.05 bits per heavy atom. The highest BCUT2D eigenvalue weighted by molar-refractivity contribution is 7.89. The van der Waals surface area contributed by atoms with Crippen LogP contribution in [0.2, 0.25) is 5.15 Å². The van der Waals surface area contributed by atoms with Crippen LogP contribution in [0.5, 0.6) is 0 Å². The normalized spacial score (nSPS) is 24.2. The lowest BCUT2D eigenvalue weighted by Gasteiger charge is -2.34. The summed E-state index contributed by atoms with van der Waals surface area (Å²) in [7, 11) is -1.98. The summed E-state index contributed by atoms with van der Waals surface area (Å²) in [6.07, 6.45) is 5.60. The molecule has 2 rings (SSSR count). The van der Waals surface area contributed by atoms with Gasteiger partial charge in [-0.1, -0.05) is 38.3 Å². The van der Waals surface area contributed by atoms with Gasteiger partial charge in [-0.05, 0) is 24.7 Å². The van der Waals surface area contributed by atoms with Gasteiger partial charge in [0.25, 0.3) is 10.0 Å².